The number of carbonyl (C=O) groups is 1. The van der Waals surface area contributed by atoms with E-state index in [4.69, 9.17) is 4.42 Å². The number of aryl methyl sites for hydroxylation is 3. The van der Waals surface area contributed by atoms with Gasteiger partial charge in [-0.1, -0.05) is 12.1 Å². The van der Waals surface area contributed by atoms with Crippen molar-refractivity contribution < 1.29 is 9.21 Å². The monoisotopic (exact) mass is 332 g/mol. The Morgan fingerprint density at radius 2 is 1.92 bits per heavy atom. The van der Waals surface area contributed by atoms with Gasteiger partial charge in [-0.15, -0.1) is 0 Å². The van der Waals surface area contributed by atoms with Crippen LogP contribution in [0.4, 0.5) is 5.69 Å². The third kappa shape index (κ3) is 4.04. The van der Waals surface area contributed by atoms with Crippen molar-refractivity contribution >= 4 is 17.7 Å². The van der Waals surface area contributed by atoms with Gasteiger partial charge >= 0.3 is 0 Å². The summed E-state index contributed by atoms with van der Waals surface area (Å²) in [6.45, 7) is 5.85. The SMILES string of the molecule is Cc1ccc(-c2ccc(C)c(NC(=O)/C=C/c3cnccc3C)c2)o1. The highest BCUT2D eigenvalue weighted by Crippen LogP contribution is 2.27. The molecule has 2 aromatic heterocycles. The molecule has 0 spiro atoms. The molecule has 4 heteroatoms. The van der Waals surface area contributed by atoms with Crippen LogP contribution in [0, 0.1) is 20.8 Å². The van der Waals surface area contributed by atoms with Crippen molar-refractivity contribution in [3.8, 4) is 11.3 Å². The summed E-state index contributed by atoms with van der Waals surface area (Å²) in [6.07, 6.45) is 6.77. The van der Waals surface area contributed by atoms with E-state index in [1.165, 1.54) is 6.08 Å². The van der Waals surface area contributed by atoms with Gasteiger partial charge in [0, 0.05) is 29.7 Å². The van der Waals surface area contributed by atoms with Gasteiger partial charge in [0.2, 0.25) is 5.91 Å². The number of hydrogen-bond donors (Lipinski definition) is 1. The summed E-state index contributed by atoms with van der Waals surface area (Å²) < 4.78 is 5.65. The Labute approximate surface area is 147 Å². The van der Waals surface area contributed by atoms with E-state index < -0.39 is 0 Å². The largest absolute Gasteiger partial charge is 0.461 e. The molecule has 0 atom stereocenters. The maximum atomic E-state index is 12.3. The molecule has 25 heavy (non-hydrogen) atoms. The van der Waals surface area contributed by atoms with Crippen LogP contribution < -0.4 is 5.32 Å². The number of furan rings is 1. The topological polar surface area (TPSA) is 55.1 Å². The van der Waals surface area contributed by atoms with Gasteiger partial charge in [0.15, 0.2) is 0 Å². The first-order valence-corrected chi connectivity index (χ1v) is 8.10. The standard InChI is InChI=1S/C21H20N2O2/c1-14-10-11-22-13-18(14)7-9-21(24)23-19-12-17(6-4-15(19)2)20-8-5-16(3)25-20/h4-13H,1-3H3,(H,23,24)/b9-7+. The van der Waals surface area contributed by atoms with Crippen LogP contribution in [0.1, 0.15) is 22.5 Å². The summed E-state index contributed by atoms with van der Waals surface area (Å²) in [7, 11) is 0. The average molecular weight is 332 g/mol. The lowest BCUT2D eigenvalue weighted by Gasteiger charge is -2.08. The third-order valence-corrected chi connectivity index (χ3v) is 4.01. The van der Waals surface area contributed by atoms with E-state index in [1.807, 2.05) is 57.2 Å². The molecule has 2 heterocycles. The van der Waals surface area contributed by atoms with E-state index in [1.54, 1.807) is 18.5 Å². The van der Waals surface area contributed by atoms with Crippen LogP contribution in [-0.4, -0.2) is 10.9 Å². The third-order valence-electron chi connectivity index (χ3n) is 4.01. The maximum absolute atomic E-state index is 12.3. The fourth-order valence-electron chi connectivity index (χ4n) is 2.49. The highest BCUT2D eigenvalue weighted by Gasteiger charge is 2.07. The maximum Gasteiger partial charge on any atom is 0.248 e. The second kappa shape index (κ2) is 7.18. The lowest BCUT2D eigenvalue weighted by Crippen LogP contribution is -2.09. The van der Waals surface area contributed by atoms with Gasteiger partial charge in [-0.25, -0.2) is 0 Å². The first kappa shape index (κ1) is 16.7. The first-order valence-electron chi connectivity index (χ1n) is 8.10. The quantitative estimate of drug-likeness (QED) is 0.690. The molecule has 126 valence electrons. The molecule has 1 amide bonds. The Hall–Kier alpha value is -3.14. The van der Waals surface area contributed by atoms with E-state index in [-0.39, 0.29) is 5.91 Å². The van der Waals surface area contributed by atoms with Gasteiger partial charge in [0.1, 0.15) is 11.5 Å². The van der Waals surface area contributed by atoms with E-state index in [2.05, 4.69) is 10.3 Å². The Morgan fingerprint density at radius 3 is 2.64 bits per heavy atom. The van der Waals surface area contributed by atoms with Crippen molar-refractivity contribution in [3.05, 3.63) is 77.3 Å². The number of anilines is 1. The summed E-state index contributed by atoms with van der Waals surface area (Å²) >= 11 is 0. The fraction of sp³-hybridized carbons (Fsp3) is 0.143. The van der Waals surface area contributed by atoms with Crippen molar-refractivity contribution in [2.24, 2.45) is 0 Å². The summed E-state index contributed by atoms with van der Waals surface area (Å²) in [5.41, 5.74) is 4.69. The van der Waals surface area contributed by atoms with Crippen LogP contribution >= 0.6 is 0 Å². The lowest BCUT2D eigenvalue weighted by atomic mass is 10.1. The van der Waals surface area contributed by atoms with E-state index in [9.17, 15) is 4.79 Å². The summed E-state index contributed by atoms with van der Waals surface area (Å²) in [5.74, 6) is 1.46. The van der Waals surface area contributed by atoms with Gasteiger partial charge in [-0.3, -0.25) is 9.78 Å². The highest BCUT2D eigenvalue weighted by molar-refractivity contribution is 6.02. The predicted molar refractivity (Wildman–Crippen MR) is 100 cm³/mol. The molecule has 3 aromatic rings. The molecule has 0 unspecified atom stereocenters. The van der Waals surface area contributed by atoms with Crippen LogP contribution in [0.25, 0.3) is 17.4 Å². The van der Waals surface area contributed by atoms with Crippen molar-refractivity contribution in [2.75, 3.05) is 5.32 Å². The Bertz CT molecular complexity index is 939. The minimum absolute atomic E-state index is 0.181. The molecule has 0 radical (unpaired) electrons. The summed E-state index contributed by atoms with van der Waals surface area (Å²) in [6, 6.07) is 11.6. The molecule has 0 bridgehead atoms. The molecule has 4 nitrogen and oxygen atoms in total. The Morgan fingerprint density at radius 1 is 1.08 bits per heavy atom. The van der Waals surface area contributed by atoms with Crippen molar-refractivity contribution in [1.82, 2.24) is 4.98 Å². The number of amides is 1. The van der Waals surface area contributed by atoms with Crippen LogP contribution in [0.5, 0.6) is 0 Å². The number of nitrogens with one attached hydrogen (secondary N) is 1. The van der Waals surface area contributed by atoms with Crippen molar-refractivity contribution in [1.29, 1.82) is 0 Å². The molecular formula is C21H20N2O2. The van der Waals surface area contributed by atoms with Gasteiger partial charge in [-0.05, 0) is 67.8 Å². The normalized spacial score (nSPS) is 11.0. The van der Waals surface area contributed by atoms with Crippen LogP contribution in [0.15, 0.2) is 59.3 Å². The van der Waals surface area contributed by atoms with Gasteiger partial charge in [-0.2, -0.15) is 0 Å². The highest BCUT2D eigenvalue weighted by atomic mass is 16.3. The van der Waals surface area contributed by atoms with Crippen molar-refractivity contribution in [2.45, 2.75) is 20.8 Å². The number of nitrogens with zero attached hydrogens (tertiary/aromatic N) is 1. The molecule has 1 aromatic carbocycles. The molecule has 1 N–H and O–H groups in total. The zero-order chi connectivity index (χ0) is 17.8. The molecule has 0 saturated heterocycles. The number of aromatic nitrogens is 1. The number of benzene rings is 1. The Balaban J connectivity index is 1.78. The smallest absolute Gasteiger partial charge is 0.248 e. The predicted octanol–water partition coefficient (Wildman–Crippen LogP) is 4.92. The van der Waals surface area contributed by atoms with E-state index in [0.29, 0.717) is 0 Å². The number of carbonyl (C=O) groups excluding carboxylic acids is 1. The molecule has 0 aliphatic carbocycles. The summed E-state index contributed by atoms with van der Waals surface area (Å²) in [4.78, 5) is 16.3. The van der Waals surface area contributed by atoms with Gasteiger partial charge in [0.25, 0.3) is 0 Å². The van der Waals surface area contributed by atoms with Crippen LogP contribution in [-0.2, 0) is 4.79 Å². The second-order valence-corrected chi connectivity index (χ2v) is 5.99. The number of pyridine rings is 1. The molecule has 3 rings (SSSR count). The minimum Gasteiger partial charge on any atom is -0.461 e. The average Bonchev–Trinajstić information content (AvgIpc) is 3.02. The fourth-order valence-corrected chi connectivity index (χ4v) is 2.49. The van der Waals surface area contributed by atoms with Crippen LogP contribution in [0.2, 0.25) is 0 Å². The molecular weight excluding hydrogens is 312 g/mol. The molecule has 0 aliphatic heterocycles. The van der Waals surface area contributed by atoms with Gasteiger partial charge in [0.05, 0.1) is 0 Å². The minimum atomic E-state index is -0.181. The van der Waals surface area contributed by atoms with E-state index in [0.717, 1.165) is 39.5 Å². The van der Waals surface area contributed by atoms with Crippen LogP contribution in [0.3, 0.4) is 0 Å². The summed E-state index contributed by atoms with van der Waals surface area (Å²) in [5, 5.41) is 2.93. The molecule has 0 fully saturated rings. The molecule has 0 saturated carbocycles. The lowest BCUT2D eigenvalue weighted by molar-refractivity contribution is -0.111. The Kier molecular flexibility index (Phi) is 4.80. The molecule has 0 aliphatic rings. The first-order chi connectivity index (χ1) is 12.0. The van der Waals surface area contributed by atoms with Crippen molar-refractivity contribution in [3.63, 3.8) is 0 Å². The zero-order valence-corrected chi connectivity index (χ0v) is 14.5. The second-order valence-electron chi connectivity index (χ2n) is 5.99. The number of rotatable bonds is 4. The zero-order valence-electron chi connectivity index (χ0n) is 14.5. The van der Waals surface area contributed by atoms with E-state index >= 15 is 0 Å². The van der Waals surface area contributed by atoms with Gasteiger partial charge < -0.3 is 9.73 Å². The number of hydrogen-bond acceptors (Lipinski definition) is 3.